The zero-order chi connectivity index (χ0) is 19.7. The Balaban J connectivity index is 1.53. The number of halogens is 1. The summed E-state index contributed by atoms with van der Waals surface area (Å²) in [5.74, 6) is -0.563. The summed E-state index contributed by atoms with van der Waals surface area (Å²) in [7, 11) is 0. The Hall–Kier alpha value is -3.10. The molecular formula is C20H18FN3O4. The molecular weight excluding hydrogens is 365 g/mol. The van der Waals surface area contributed by atoms with Crippen LogP contribution in [0, 0.1) is 5.82 Å². The molecule has 3 aromatic rings. The fourth-order valence-electron chi connectivity index (χ4n) is 3.39. The molecule has 8 heteroatoms. The minimum Gasteiger partial charge on any atom is -0.478 e. The van der Waals surface area contributed by atoms with Gasteiger partial charge in [0, 0.05) is 18.7 Å². The number of carboxylic acids is 1. The molecule has 7 nitrogen and oxygen atoms in total. The number of β-amino-alcohol motifs (C(OH)–C–C–N with tert-alkyl or cyclic N) is 1. The third-order valence-corrected chi connectivity index (χ3v) is 4.80. The number of carboxylic acid groups (broad SMARTS) is 1. The van der Waals surface area contributed by atoms with Crippen LogP contribution in [0.1, 0.15) is 34.3 Å². The topological polar surface area (TPSA) is 99.7 Å². The van der Waals surface area contributed by atoms with E-state index in [1.165, 1.54) is 12.1 Å². The molecule has 0 amide bonds. The van der Waals surface area contributed by atoms with Gasteiger partial charge in [-0.1, -0.05) is 17.3 Å². The molecule has 2 heterocycles. The van der Waals surface area contributed by atoms with E-state index in [0.29, 0.717) is 36.8 Å². The second kappa shape index (κ2) is 7.49. The third kappa shape index (κ3) is 3.78. The first-order valence-corrected chi connectivity index (χ1v) is 8.83. The number of benzene rings is 2. The number of carbonyl (C=O) groups is 1. The Kier molecular flexibility index (Phi) is 4.89. The fourth-order valence-corrected chi connectivity index (χ4v) is 3.39. The highest BCUT2D eigenvalue weighted by Crippen LogP contribution is 2.33. The minimum atomic E-state index is -0.972. The van der Waals surface area contributed by atoms with Gasteiger partial charge < -0.3 is 14.7 Å². The van der Waals surface area contributed by atoms with Crippen LogP contribution in [0.15, 0.2) is 53.1 Å². The minimum absolute atomic E-state index is 0.225. The number of aliphatic hydroxyl groups excluding tert-OH is 1. The van der Waals surface area contributed by atoms with E-state index >= 15 is 0 Å². The lowest BCUT2D eigenvalue weighted by Crippen LogP contribution is -2.24. The van der Waals surface area contributed by atoms with Crippen molar-refractivity contribution in [3.05, 3.63) is 71.4 Å². The maximum absolute atomic E-state index is 13.1. The smallest absolute Gasteiger partial charge is 0.335 e. The van der Waals surface area contributed by atoms with Crippen LogP contribution in [0.5, 0.6) is 0 Å². The summed E-state index contributed by atoms with van der Waals surface area (Å²) in [5.41, 5.74) is 1.79. The zero-order valence-electron chi connectivity index (χ0n) is 14.8. The highest BCUT2D eigenvalue weighted by molar-refractivity contribution is 5.87. The van der Waals surface area contributed by atoms with E-state index in [1.54, 1.807) is 36.4 Å². The molecule has 144 valence electrons. The van der Waals surface area contributed by atoms with Crippen molar-refractivity contribution in [2.45, 2.75) is 25.1 Å². The summed E-state index contributed by atoms with van der Waals surface area (Å²) in [6.07, 6.45) is -0.0670. The molecule has 0 aliphatic carbocycles. The van der Waals surface area contributed by atoms with Gasteiger partial charge >= 0.3 is 5.97 Å². The number of aromatic carboxylic acids is 1. The normalized spacial score (nSPS) is 19.8. The summed E-state index contributed by atoms with van der Waals surface area (Å²) in [5, 5.41) is 23.1. The maximum Gasteiger partial charge on any atom is 0.335 e. The van der Waals surface area contributed by atoms with Gasteiger partial charge in [0.2, 0.25) is 11.7 Å². The standard InChI is InChI=1S/C20H18FN3O4/c21-15-7-5-13(6-8-15)18-22-19(28-23-18)17-9-16(25)11-24(17)10-12-1-3-14(4-2-12)20(26)27/h1-8,16-17,25H,9-11H2,(H,26,27). The quantitative estimate of drug-likeness (QED) is 0.699. The lowest BCUT2D eigenvalue weighted by Gasteiger charge is -2.21. The summed E-state index contributed by atoms with van der Waals surface area (Å²) in [6, 6.07) is 12.2. The maximum atomic E-state index is 13.1. The summed E-state index contributed by atoms with van der Waals surface area (Å²) >= 11 is 0. The summed E-state index contributed by atoms with van der Waals surface area (Å²) in [4.78, 5) is 17.4. The molecule has 1 aromatic heterocycles. The lowest BCUT2D eigenvalue weighted by molar-refractivity contribution is 0.0697. The van der Waals surface area contributed by atoms with Crippen LogP contribution in [0.2, 0.25) is 0 Å². The monoisotopic (exact) mass is 383 g/mol. The molecule has 2 unspecified atom stereocenters. The van der Waals surface area contributed by atoms with Crippen molar-refractivity contribution >= 4 is 5.97 Å². The fraction of sp³-hybridized carbons (Fsp3) is 0.250. The van der Waals surface area contributed by atoms with Gasteiger partial charge in [-0.3, -0.25) is 4.90 Å². The average Bonchev–Trinajstić information content (AvgIpc) is 3.29. The highest BCUT2D eigenvalue weighted by atomic mass is 19.1. The summed E-state index contributed by atoms with van der Waals surface area (Å²) in [6.45, 7) is 0.954. The average molecular weight is 383 g/mol. The van der Waals surface area contributed by atoms with Gasteiger partial charge in [0.25, 0.3) is 0 Å². The van der Waals surface area contributed by atoms with Crippen molar-refractivity contribution in [3.8, 4) is 11.4 Å². The Labute approximate surface area is 160 Å². The van der Waals surface area contributed by atoms with Crippen molar-refractivity contribution in [3.63, 3.8) is 0 Å². The van der Waals surface area contributed by atoms with Crippen LogP contribution in [0.25, 0.3) is 11.4 Å². The van der Waals surface area contributed by atoms with Crippen LogP contribution >= 0.6 is 0 Å². The van der Waals surface area contributed by atoms with Gasteiger partial charge in [-0.2, -0.15) is 4.98 Å². The van der Waals surface area contributed by atoms with Gasteiger partial charge in [0.05, 0.1) is 17.7 Å². The molecule has 1 fully saturated rings. The van der Waals surface area contributed by atoms with Crippen molar-refractivity contribution in [1.29, 1.82) is 0 Å². The van der Waals surface area contributed by atoms with Crippen molar-refractivity contribution in [2.24, 2.45) is 0 Å². The Morgan fingerprint density at radius 2 is 1.89 bits per heavy atom. The van der Waals surface area contributed by atoms with Gasteiger partial charge in [-0.25, -0.2) is 9.18 Å². The Morgan fingerprint density at radius 3 is 2.57 bits per heavy atom. The first kappa shape index (κ1) is 18.3. The number of rotatable bonds is 5. The molecule has 28 heavy (non-hydrogen) atoms. The SMILES string of the molecule is O=C(O)c1ccc(CN2CC(O)CC2c2nc(-c3ccc(F)cc3)no2)cc1. The molecule has 1 saturated heterocycles. The molecule has 0 bridgehead atoms. The number of likely N-dealkylation sites (tertiary alicyclic amines) is 1. The second-order valence-electron chi connectivity index (χ2n) is 6.80. The van der Waals surface area contributed by atoms with E-state index in [0.717, 1.165) is 5.56 Å². The Morgan fingerprint density at radius 1 is 1.18 bits per heavy atom. The molecule has 2 aromatic carbocycles. The van der Waals surface area contributed by atoms with E-state index in [-0.39, 0.29) is 17.4 Å². The number of hydrogen-bond donors (Lipinski definition) is 2. The van der Waals surface area contributed by atoms with E-state index < -0.39 is 12.1 Å². The predicted molar refractivity (Wildman–Crippen MR) is 96.9 cm³/mol. The molecule has 0 saturated carbocycles. The van der Waals surface area contributed by atoms with Crippen molar-refractivity contribution in [1.82, 2.24) is 15.0 Å². The second-order valence-corrected chi connectivity index (χ2v) is 6.80. The largest absolute Gasteiger partial charge is 0.478 e. The molecule has 0 spiro atoms. The van der Waals surface area contributed by atoms with Crippen LogP contribution in [0.4, 0.5) is 4.39 Å². The number of nitrogens with zero attached hydrogens (tertiary/aromatic N) is 3. The number of aromatic nitrogens is 2. The number of hydrogen-bond acceptors (Lipinski definition) is 6. The highest BCUT2D eigenvalue weighted by Gasteiger charge is 2.36. The van der Waals surface area contributed by atoms with Crippen molar-refractivity contribution < 1.29 is 23.9 Å². The van der Waals surface area contributed by atoms with Crippen LogP contribution in [-0.4, -0.2) is 43.9 Å². The summed E-state index contributed by atoms with van der Waals surface area (Å²) < 4.78 is 18.5. The van der Waals surface area contributed by atoms with Crippen LogP contribution in [0.3, 0.4) is 0 Å². The van der Waals surface area contributed by atoms with E-state index in [1.807, 2.05) is 4.90 Å². The molecule has 0 radical (unpaired) electrons. The first-order chi connectivity index (χ1) is 13.5. The van der Waals surface area contributed by atoms with E-state index in [2.05, 4.69) is 10.1 Å². The molecule has 1 aliphatic rings. The number of aliphatic hydroxyl groups is 1. The zero-order valence-corrected chi connectivity index (χ0v) is 14.8. The first-order valence-electron chi connectivity index (χ1n) is 8.83. The van der Waals surface area contributed by atoms with E-state index in [4.69, 9.17) is 9.63 Å². The van der Waals surface area contributed by atoms with Gasteiger partial charge in [-0.05, 0) is 48.4 Å². The van der Waals surface area contributed by atoms with Crippen molar-refractivity contribution in [2.75, 3.05) is 6.54 Å². The Bertz CT molecular complexity index is 972. The van der Waals surface area contributed by atoms with Gasteiger partial charge in [0.15, 0.2) is 0 Å². The lowest BCUT2D eigenvalue weighted by atomic mass is 10.1. The van der Waals surface area contributed by atoms with Gasteiger partial charge in [0.1, 0.15) is 5.82 Å². The van der Waals surface area contributed by atoms with Crippen LogP contribution < -0.4 is 0 Å². The predicted octanol–water partition coefficient (Wildman–Crippen LogP) is 2.88. The van der Waals surface area contributed by atoms with Gasteiger partial charge in [-0.15, -0.1) is 0 Å². The van der Waals surface area contributed by atoms with Crippen LogP contribution in [-0.2, 0) is 6.54 Å². The third-order valence-electron chi connectivity index (χ3n) is 4.80. The molecule has 1 aliphatic heterocycles. The molecule has 4 rings (SSSR count). The molecule has 2 N–H and O–H groups in total. The molecule has 2 atom stereocenters. The van der Waals surface area contributed by atoms with E-state index in [9.17, 15) is 14.3 Å².